The minimum Gasteiger partial charge on any atom is -0.458 e. The summed E-state index contributed by atoms with van der Waals surface area (Å²) in [5.74, 6) is -1.29. The third kappa shape index (κ3) is 6.63. The molecule has 0 bridgehead atoms. The van der Waals surface area contributed by atoms with E-state index in [0.29, 0.717) is 37.8 Å². The van der Waals surface area contributed by atoms with Crippen LogP contribution < -0.4 is 4.72 Å². The van der Waals surface area contributed by atoms with Crippen LogP contribution in [0.4, 0.5) is 5.69 Å². The number of rotatable bonds is 12. The molecule has 6 rings (SSSR count). The predicted octanol–water partition coefficient (Wildman–Crippen LogP) is 5.68. The molecule has 2 fully saturated rings. The van der Waals surface area contributed by atoms with Gasteiger partial charge in [-0.25, -0.2) is 4.98 Å². The van der Waals surface area contributed by atoms with E-state index in [2.05, 4.69) is 34.0 Å². The molecule has 228 valence electrons. The molecule has 1 saturated carbocycles. The number of cyclic esters (lactones) is 1. The fourth-order valence-electron chi connectivity index (χ4n) is 6.50. The van der Waals surface area contributed by atoms with Crippen LogP contribution in [0.1, 0.15) is 48.8 Å². The summed E-state index contributed by atoms with van der Waals surface area (Å²) in [6, 6.07) is 27.3. The molecule has 0 amide bonds. The fraction of sp³-hybridized carbons (Fsp3) is 0.343. The van der Waals surface area contributed by atoms with Gasteiger partial charge in [-0.3, -0.25) is 14.3 Å². The molecular formula is C35H37N3O5S. The first-order chi connectivity index (χ1) is 21.2. The lowest BCUT2D eigenvalue weighted by Gasteiger charge is -2.41. The minimum atomic E-state index is -3.85. The van der Waals surface area contributed by atoms with Crippen LogP contribution in [0.3, 0.4) is 0 Å². The molecule has 0 spiro atoms. The summed E-state index contributed by atoms with van der Waals surface area (Å²) in [7, 11) is -2.15. The molecule has 1 aliphatic heterocycles. The van der Waals surface area contributed by atoms with Gasteiger partial charge in [-0.1, -0.05) is 72.8 Å². The molecule has 1 unspecified atom stereocenters. The number of benzene rings is 3. The number of nitrogens with one attached hydrogen (secondary N) is 1. The van der Waals surface area contributed by atoms with Crippen molar-refractivity contribution in [1.29, 1.82) is 0 Å². The van der Waals surface area contributed by atoms with E-state index < -0.39 is 32.9 Å². The quantitative estimate of drug-likeness (QED) is 0.163. The largest absolute Gasteiger partial charge is 0.458 e. The van der Waals surface area contributed by atoms with Crippen molar-refractivity contribution in [3.63, 3.8) is 0 Å². The predicted molar refractivity (Wildman–Crippen MR) is 167 cm³/mol. The fourth-order valence-corrected chi connectivity index (χ4v) is 7.54. The number of esters is 1. The van der Waals surface area contributed by atoms with Crippen LogP contribution in [0.5, 0.6) is 0 Å². The van der Waals surface area contributed by atoms with Gasteiger partial charge in [-0.05, 0) is 79.2 Å². The first-order valence-electron chi connectivity index (χ1n) is 15.1. The molecule has 2 heterocycles. The molecule has 44 heavy (non-hydrogen) atoms. The number of carbonyl (C=O) groups is 2. The monoisotopic (exact) mass is 611 g/mol. The highest BCUT2D eigenvalue weighted by atomic mass is 32.2. The van der Waals surface area contributed by atoms with Crippen LogP contribution in [-0.2, 0) is 50.7 Å². The van der Waals surface area contributed by atoms with Crippen molar-refractivity contribution in [2.24, 2.45) is 18.4 Å². The summed E-state index contributed by atoms with van der Waals surface area (Å²) < 4.78 is 36.1. The van der Waals surface area contributed by atoms with Crippen molar-refractivity contribution in [1.82, 2.24) is 9.55 Å². The lowest BCUT2D eigenvalue weighted by Crippen LogP contribution is -2.51. The van der Waals surface area contributed by atoms with Crippen molar-refractivity contribution < 1.29 is 22.7 Å². The zero-order chi connectivity index (χ0) is 30.8. The van der Waals surface area contributed by atoms with Crippen molar-refractivity contribution in [2.45, 2.75) is 62.0 Å². The van der Waals surface area contributed by atoms with Crippen molar-refractivity contribution >= 4 is 27.5 Å². The van der Waals surface area contributed by atoms with Gasteiger partial charge in [0.25, 0.3) is 10.0 Å². The van der Waals surface area contributed by atoms with Crippen LogP contribution in [0.25, 0.3) is 0 Å². The number of ether oxygens (including phenoxy) is 1. The second kappa shape index (κ2) is 12.0. The van der Waals surface area contributed by atoms with E-state index in [9.17, 15) is 18.0 Å². The van der Waals surface area contributed by atoms with Gasteiger partial charge in [0, 0.05) is 25.4 Å². The molecular weight excluding hydrogens is 574 g/mol. The van der Waals surface area contributed by atoms with Crippen LogP contribution >= 0.6 is 0 Å². The lowest BCUT2D eigenvalue weighted by molar-refractivity contribution is -0.182. The average molecular weight is 612 g/mol. The maximum atomic E-state index is 13.9. The third-order valence-electron chi connectivity index (χ3n) is 8.99. The van der Waals surface area contributed by atoms with E-state index in [1.807, 2.05) is 42.5 Å². The maximum absolute atomic E-state index is 13.9. The van der Waals surface area contributed by atoms with E-state index in [4.69, 9.17) is 4.74 Å². The molecule has 1 aliphatic carbocycles. The number of imidazole rings is 1. The lowest BCUT2D eigenvalue weighted by atomic mass is 9.73. The van der Waals surface area contributed by atoms with E-state index >= 15 is 0 Å². The molecule has 3 aromatic carbocycles. The van der Waals surface area contributed by atoms with Crippen LogP contribution in [0.2, 0.25) is 0 Å². The topological polar surface area (TPSA) is 107 Å². The highest BCUT2D eigenvalue weighted by Gasteiger charge is 2.60. The van der Waals surface area contributed by atoms with E-state index in [-0.39, 0.29) is 17.2 Å². The van der Waals surface area contributed by atoms with Gasteiger partial charge in [0.1, 0.15) is 11.5 Å². The van der Waals surface area contributed by atoms with E-state index in [1.54, 1.807) is 29.8 Å². The number of sulfonamides is 1. The Hall–Kier alpha value is -4.24. The van der Waals surface area contributed by atoms with Gasteiger partial charge < -0.3 is 9.30 Å². The summed E-state index contributed by atoms with van der Waals surface area (Å²) in [5.41, 5.74) is 2.19. The zero-order valence-corrected chi connectivity index (χ0v) is 25.6. The van der Waals surface area contributed by atoms with E-state index in [0.717, 1.165) is 29.5 Å². The average Bonchev–Trinajstić information content (AvgIpc) is 3.62. The van der Waals surface area contributed by atoms with Gasteiger partial charge in [-0.15, -0.1) is 0 Å². The Kier molecular flexibility index (Phi) is 8.16. The van der Waals surface area contributed by atoms with Crippen molar-refractivity contribution in [3.05, 3.63) is 114 Å². The standard InChI is InChI=1S/C35H37N3O5S/c1-38-24-31(36-25-38)44(41,42)37-29-14-8-13-28(21-29)22-34(19-20-34)32-30(39)23-35(43-33(32)40,17-15-26-9-4-2-5-10-26)18-16-27-11-6-3-7-12-27/h2-14,21,24-25,32,37H,15-20,22-23H2,1H3. The van der Waals surface area contributed by atoms with Crippen LogP contribution in [0, 0.1) is 11.3 Å². The molecule has 1 saturated heterocycles. The number of hydrogen-bond acceptors (Lipinski definition) is 6. The minimum absolute atomic E-state index is 0.0492. The smallest absolute Gasteiger partial charge is 0.317 e. The van der Waals surface area contributed by atoms with Gasteiger partial charge in [0.2, 0.25) is 0 Å². The highest BCUT2D eigenvalue weighted by molar-refractivity contribution is 7.92. The molecule has 1 aromatic heterocycles. The number of anilines is 1. The van der Waals surface area contributed by atoms with Gasteiger partial charge in [0.15, 0.2) is 10.8 Å². The van der Waals surface area contributed by atoms with Crippen molar-refractivity contribution in [3.8, 4) is 0 Å². The number of hydrogen-bond donors (Lipinski definition) is 1. The summed E-state index contributed by atoms with van der Waals surface area (Å²) in [6.45, 7) is 0. The Morgan fingerprint density at radius 3 is 2.05 bits per heavy atom. The van der Waals surface area contributed by atoms with Gasteiger partial charge >= 0.3 is 5.97 Å². The number of nitrogens with zero attached hydrogens (tertiary/aromatic N) is 2. The Labute approximate surface area is 258 Å². The SMILES string of the molecule is Cn1cnc(S(=O)(=O)Nc2cccc(CC3(C4C(=O)CC(CCc5ccccc5)(CCc5ccccc5)OC4=O)CC3)c2)c1. The highest BCUT2D eigenvalue weighted by Crippen LogP contribution is 2.57. The van der Waals surface area contributed by atoms with Gasteiger partial charge in [-0.2, -0.15) is 8.42 Å². The molecule has 8 nitrogen and oxygen atoms in total. The Bertz CT molecular complexity index is 1680. The Morgan fingerprint density at radius 2 is 1.50 bits per heavy atom. The molecule has 1 atom stereocenters. The number of carbonyl (C=O) groups excluding carboxylic acids is 2. The van der Waals surface area contributed by atoms with E-state index in [1.165, 1.54) is 12.5 Å². The molecule has 0 radical (unpaired) electrons. The summed E-state index contributed by atoms with van der Waals surface area (Å²) in [5, 5.41) is -0.0670. The third-order valence-corrected chi connectivity index (χ3v) is 10.3. The zero-order valence-electron chi connectivity index (χ0n) is 24.8. The maximum Gasteiger partial charge on any atom is 0.317 e. The van der Waals surface area contributed by atoms with Crippen LogP contribution in [0.15, 0.2) is 102 Å². The summed E-state index contributed by atoms with van der Waals surface area (Å²) >= 11 is 0. The number of aromatic nitrogens is 2. The number of Topliss-reactive ketones (excluding diaryl/α,β-unsaturated/α-hetero) is 1. The molecule has 2 aliphatic rings. The van der Waals surface area contributed by atoms with Crippen LogP contribution in [-0.4, -0.2) is 35.3 Å². The molecule has 1 N–H and O–H groups in total. The second-order valence-electron chi connectivity index (χ2n) is 12.4. The summed E-state index contributed by atoms with van der Waals surface area (Å²) in [4.78, 5) is 31.7. The first-order valence-corrected chi connectivity index (χ1v) is 16.6. The molecule has 9 heteroatoms. The molecule has 4 aromatic rings. The second-order valence-corrected chi connectivity index (χ2v) is 14.0. The Balaban J connectivity index is 1.18. The normalized spacial score (nSPS) is 18.9. The number of ketones is 1. The summed E-state index contributed by atoms with van der Waals surface area (Å²) in [6.07, 6.45) is 7.63. The van der Waals surface area contributed by atoms with Gasteiger partial charge in [0.05, 0.1) is 6.33 Å². The van der Waals surface area contributed by atoms with Crippen molar-refractivity contribution in [2.75, 3.05) is 4.72 Å². The number of aryl methyl sites for hydroxylation is 3. The first kappa shape index (κ1) is 29.8. The Morgan fingerprint density at radius 1 is 0.886 bits per heavy atom.